The van der Waals surface area contributed by atoms with Gasteiger partial charge in [0.25, 0.3) is 0 Å². The fraction of sp³-hybridized carbons (Fsp3) is 0.833. The van der Waals surface area contributed by atoms with E-state index in [1.54, 1.807) is 13.8 Å². The number of aliphatic hydroxyl groups is 2. The Bertz CT molecular complexity index is 364. The molecule has 6 nitrogen and oxygen atoms in total. The number of nitrogens with two attached hydrogens (primary N) is 1. The van der Waals surface area contributed by atoms with Crippen LogP contribution in [-0.2, 0) is 9.59 Å². The Labute approximate surface area is 117 Å². The van der Waals surface area contributed by atoms with E-state index in [1.165, 1.54) is 6.92 Å². The molecule has 1 fully saturated rings. The van der Waals surface area contributed by atoms with Gasteiger partial charge in [0, 0.05) is 12.3 Å². The number of carbonyl (C=O) groups is 2. The molecule has 0 aromatic rings. The molecule has 0 unspecified atom stereocenters. The summed E-state index contributed by atoms with van der Waals surface area (Å²) in [4.78, 5) is 24.1. The average molecular weight is 290 g/mol. The summed E-state index contributed by atoms with van der Waals surface area (Å²) in [5.74, 6) is -1.05. The minimum Gasteiger partial charge on any atom is -0.390 e. The zero-order chi connectivity index (χ0) is 14.8. The van der Waals surface area contributed by atoms with E-state index in [2.05, 4.69) is 5.32 Å². The minimum absolute atomic E-state index is 0.275. The first-order valence-electron chi connectivity index (χ1n) is 6.34. The first-order valence-corrected chi connectivity index (χ1v) is 7.33. The Morgan fingerprint density at radius 2 is 2.16 bits per heavy atom. The van der Waals surface area contributed by atoms with E-state index in [4.69, 9.17) is 5.73 Å². The monoisotopic (exact) mass is 290 g/mol. The van der Waals surface area contributed by atoms with E-state index >= 15 is 0 Å². The number of hydrogen-bond acceptors (Lipinski definition) is 6. The molecule has 1 heterocycles. The number of thioether (sulfide) groups is 1. The summed E-state index contributed by atoms with van der Waals surface area (Å²) in [6.07, 6.45) is -2.38. The van der Waals surface area contributed by atoms with Crippen LogP contribution in [0.3, 0.4) is 0 Å². The summed E-state index contributed by atoms with van der Waals surface area (Å²) in [5.41, 5.74) is 3.72. The summed E-state index contributed by atoms with van der Waals surface area (Å²) in [6, 6.07) is 0. The quantitative estimate of drug-likeness (QED) is 0.521. The Balaban J connectivity index is 3.12. The van der Waals surface area contributed by atoms with Crippen LogP contribution in [0.15, 0.2) is 0 Å². The first kappa shape index (κ1) is 16.4. The van der Waals surface area contributed by atoms with Gasteiger partial charge in [0.15, 0.2) is 5.54 Å². The summed E-state index contributed by atoms with van der Waals surface area (Å²) >= 11 is 0.927. The molecule has 19 heavy (non-hydrogen) atoms. The third-order valence-corrected chi connectivity index (χ3v) is 4.51. The van der Waals surface area contributed by atoms with Crippen LogP contribution in [0.25, 0.3) is 0 Å². The smallest absolute Gasteiger partial charge is 0.226 e. The van der Waals surface area contributed by atoms with Crippen LogP contribution in [0.4, 0.5) is 0 Å². The topological polar surface area (TPSA) is 113 Å². The fourth-order valence-electron chi connectivity index (χ4n) is 2.27. The summed E-state index contributed by atoms with van der Waals surface area (Å²) < 4.78 is 0. The SMILES string of the molecule is CC(C)[C@H](O)[C@@]1(C(=O)SCCN)NC(=O)[C@H](C)[C@@H]1O. The summed E-state index contributed by atoms with van der Waals surface area (Å²) in [6.45, 7) is 5.31. The van der Waals surface area contributed by atoms with Crippen molar-refractivity contribution < 1.29 is 19.8 Å². The van der Waals surface area contributed by atoms with Crippen molar-refractivity contribution in [1.29, 1.82) is 0 Å². The lowest BCUT2D eigenvalue weighted by atomic mass is 9.81. The highest BCUT2D eigenvalue weighted by molar-refractivity contribution is 8.13. The van der Waals surface area contributed by atoms with E-state index in [0.29, 0.717) is 12.3 Å². The zero-order valence-corrected chi connectivity index (χ0v) is 12.2. The number of carbonyl (C=O) groups excluding carboxylic acids is 2. The lowest BCUT2D eigenvalue weighted by Crippen LogP contribution is -2.64. The van der Waals surface area contributed by atoms with Gasteiger partial charge in [-0.3, -0.25) is 9.59 Å². The van der Waals surface area contributed by atoms with Crippen LogP contribution >= 0.6 is 11.8 Å². The molecule has 4 atom stereocenters. The van der Waals surface area contributed by atoms with Crippen molar-refractivity contribution in [2.24, 2.45) is 17.6 Å². The van der Waals surface area contributed by atoms with Crippen LogP contribution in [0.5, 0.6) is 0 Å². The third-order valence-electron chi connectivity index (χ3n) is 3.47. The van der Waals surface area contributed by atoms with Crippen molar-refractivity contribution in [3.05, 3.63) is 0 Å². The molecule has 0 aliphatic carbocycles. The van der Waals surface area contributed by atoms with Crippen LogP contribution in [0.1, 0.15) is 20.8 Å². The number of aliphatic hydroxyl groups excluding tert-OH is 2. The molecule has 1 rings (SSSR count). The molecule has 0 saturated carbocycles. The van der Waals surface area contributed by atoms with Gasteiger partial charge in [0.1, 0.15) is 0 Å². The van der Waals surface area contributed by atoms with Crippen molar-refractivity contribution in [3.8, 4) is 0 Å². The average Bonchev–Trinajstić information content (AvgIpc) is 2.60. The number of amides is 1. The second kappa shape index (κ2) is 6.21. The molecular formula is C12H22N2O4S. The van der Waals surface area contributed by atoms with Crippen LogP contribution in [0.2, 0.25) is 0 Å². The van der Waals surface area contributed by atoms with Gasteiger partial charge in [-0.1, -0.05) is 32.5 Å². The summed E-state index contributed by atoms with van der Waals surface area (Å²) in [7, 11) is 0. The zero-order valence-electron chi connectivity index (χ0n) is 11.4. The molecule has 110 valence electrons. The van der Waals surface area contributed by atoms with Gasteiger partial charge in [-0.05, 0) is 5.92 Å². The molecule has 0 bridgehead atoms. The molecule has 0 aromatic carbocycles. The first-order chi connectivity index (χ1) is 8.78. The summed E-state index contributed by atoms with van der Waals surface area (Å²) in [5, 5.41) is 22.6. The van der Waals surface area contributed by atoms with Crippen molar-refractivity contribution in [3.63, 3.8) is 0 Å². The normalized spacial score (nSPS) is 32.5. The van der Waals surface area contributed by atoms with Gasteiger partial charge in [-0.2, -0.15) is 0 Å². The van der Waals surface area contributed by atoms with Crippen molar-refractivity contribution in [2.45, 2.75) is 38.5 Å². The highest BCUT2D eigenvalue weighted by Gasteiger charge is 2.60. The van der Waals surface area contributed by atoms with Crippen LogP contribution in [0, 0.1) is 11.8 Å². The largest absolute Gasteiger partial charge is 0.390 e. The molecular weight excluding hydrogens is 268 g/mol. The molecule has 5 N–H and O–H groups in total. The maximum atomic E-state index is 12.3. The predicted octanol–water partition coefficient (Wildman–Crippen LogP) is -0.913. The van der Waals surface area contributed by atoms with Crippen LogP contribution in [-0.4, -0.2) is 51.3 Å². The lowest BCUT2D eigenvalue weighted by Gasteiger charge is -2.37. The van der Waals surface area contributed by atoms with Gasteiger partial charge < -0.3 is 21.3 Å². The van der Waals surface area contributed by atoms with Crippen molar-refractivity contribution in [1.82, 2.24) is 5.32 Å². The molecule has 1 saturated heterocycles. The number of hydrogen-bond donors (Lipinski definition) is 4. The van der Waals surface area contributed by atoms with Gasteiger partial charge >= 0.3 is 0 Å². The van der Waals surface area contributed by atoms with Gasteiger partial charge in [-0.15, -0.1) is 0 Å². The Kier molecular flexibility index (Phi) is 5.37. The highest BCUT2D eigenvalue weighted by atomic mass is 32.2. The molecule has 0 spiro atoms. The lowest BCUT2D eigenvalue weighted by molar-refractivity contribution is -0.131. The highest BCUT2D eigenvalue weighted by Crippen LogP contribution is 2.35. The maximum absolute atomic E-state index is 12.3. The van der Waals surface area contributed by atoms with E-state index < -0.39 is 34.7 Å². The number of nitrogens with one attached hydrogen (secondary N) is 1. The van der Waals surface area contributed by atoms with E-state index in [-0.39, 0.29) is 5.92 Å². The standard InChI is InChI=1S/C12H22N2O4S/c1-6(2)8(15)12(11(18)19-5-4-13)9(16)7(3)10(17)14-12/h6-9,15-16H,4-5,13H2,1-3H3,(H,14,17)/t7-,8+,9+,12-/m1/s1. The van der Waals surface area contributed by atoms with Crippen molar-refractivity contribution in [2.75, 3.05) is 12.3 Å². The Hall–Kier alpha value is -0.630. The van der Waals surface area contributed by atoms with Gasteiger partial charge in [0.05, 0.1) is 18.1 Å². The van der Waals surface area contributed by atoms with E-state index in [0.717, 1.165) is 11.8 Å². The predicted molar refractivity (Wildman–Crippen MR) is 73.4 cm³/mol. The molecule has 1 aliphatic heterocycles. The van der Waals surface area contributed by atoms with Crippen LogP contribution < -0.4 is 11.1 Å². The second-order valence-corrected chi connectivity index (χ2v) is 6.27. The molecule has 0 aromatic heterocycles. The van der Waals surface area contributed by atoms with Gasteiger partial charge in [0.2, 0.25) is 11.0 Å². The van der Waals surface area contributed by atoms with Gasteiger partial charge in [-0.25, -0.2) is 0 Å². The second-order valence-electron chi connectivity index (χ2n) is 5.21. The van der Waals surface area contributed by atoms with E-state index in [1.807, 2.05) is 0 Å². The van der Waals surface area contributed by atoms with Crippen molar-refractivity contribution >= 4 is 22.8 Å². The minimum atomic E-state index is -1.63. The number of rotatable bonds is 5. The fourth-order valence-corrected chi connectivity index (χ4v) is 3.10. The maximum Gasteiger partial charge on any atom is 0.226 e. The molecule has 0 radical (unpaired) electrons. The van der Waals surface area contributed by atoms with E-state index in [9.17, 15) is 19.8 Å². The molecule has 1 amide bonds. The Morgan fingerprint density at radius 1 is 1.58 bits per heavy atom. The Morgan fingerprint density at radius 3 is 2.53 bits per heavy atom. The molecule has 7 heteroatoms. The molecule has 1 aliphatic rings. The third kappa shape index (κ3) is 2.79.